The number of rotatable bonds is 5. The van der Waals surface area contributed by atoms with Gasteiger partial charge in [0.05, 0.1) is 6.04 Å². The molecule has 1 saturated heterocycles. The van der Waals surface area contributed by atoms with Crippen LogP contribution >= 0.6 is 0 Å². The van der Waals surface area contributed by atoms with Gasteiger partial charge in [-0.25, -0.2) is 8.78 Å². The van der Waals surface area contributed by atoms with Crippen LogP contribution in [0.4, 0.5) is 8.78 Å². The van der Waals surface area contributed by atoms with E-state index in [1.165, 1.54) is 0 Å². The molecule has 0 radical (unpaired) electrons. The summed E-state index contributed by atoms with van der Waals surface area (Å²) in [4.78, 5) is 1.92. The summed E-state index contributed by atoms with van der Waals surface area (Å²) in [6.07, 6.45) is 0. The molecule has 0 bridgehead atoms. The second-order valence-electron chi connectivity index (χ2n) is 6.15. The van der Waals surface area contributed by atoms with E-state index in [9.17, 15) is 8.78 Å². The number of hydrogen-bond donors (Lipinski definition) is 2. The first-order valence-electron chi connectivity index (χ1n) is 7.58. The lowest BCUT2D eigenvalue weighted by Crippen LogP contribution is -2.76. The van der Waals surface area contributed by atoms with Gasteiger partial charge in [-0.1, -0.05) is 60.7 Å². The fourth-order valence-electron chi connectivity index (χ4n) is 3.13. The van der Waals surface area contributed by atoms with Gasteiger partial charge in [0.2, 0.25) is 0 Å². The van der Waals surface area contributed by atoms with Crippen LogP contribution in [0.1, 0.15) is 17.2 Å². The van der Waals surface area contributed by atoms with Crippen LogP contribution < -0.4 is 5.73 Å². The number of halogens is 2. The highest BCUT2D eigenvalue weighted by atomic mass is 19.3. The molecule has 2 aromatic carbocycles. The average Bonchev–Trinajstić information content (AvgIpc) is 2.55. The summed E-state index contributed by atoms with van der Waals surface area (Å²) in [5, 5.41) is 8.91. The van der Waals surface area contributed by atoms with Gasteiger partial charge in [-0.05, 0) is 11.1 Å². The molecule has 5 heteroatoms. The first-order valence-corrected chi connectivity index (χ1v) is 7.58. The summed E-state index contributed by atoms with van der Waals surface area (Å²) >= 11 is 0. The molecule has 2 aromatic rings. The molecule has 0 aromatic heterocycles. The van der Waals surface area contributed by atoms with E-state index >= 15 is 0 Å². The number of hydrogen-bond acceptors (Lipinski definition) is 3. The van der Waals surface area contributed by atoms with Crippen molar-refractivity contribution in [3.05, 3.63) is 71.8 Å². The number of aliphatic hydroxyl groups excluding tert-OH is 1. The maximum atomic E-state index is 13.8. The lowest BCUT2D eigenvalue weighted by Gasteiger charge is -2.53. The largest absolute Gasteiger partial charge is 0.390 e. The molecule has 23 heavy (non-hydrogen) atoms. The summed E-state index contributed by atoms with van der Waals surface area (Å²) in [6.45, 7) is -1.15. The maximum absolute atomic E-state index is 13.8. The molecule has 1 fully saturated rings. The molecule has 122 valence electrons. The standard InChI is InChI=1S/C18H20F2N2O/c19-18(20,13-23)17(21)11-22(12-17)16(14-7-3-1-4-8-14)15-9-5-2-6-10-15/h1-10,16,23H,11-13,21H2. The minimum atomic E-state index is -3.28. The van der Waals surface area contributed by atoms with Gasteiger partial charge in [0.25, 0.3) is 5.92 Å². The smallest absolute Gasteiger partial charge is 0.290 e. The lowest BCUT2D eigenvalue weighted by molar-refractivity contribution is -0.164. The minimum absolute atomic E-state index is 0.0367. The van der Waals surface area contributed by atoms with Crippen LogP contribution in [0.15, 0.2) is 60.7 Å². The minimum Gasteiger partial charge on any atom is -0.390 e. The Kier molecular flexibility index (Phi) is 4.19. The SMILES string of the molecule is NC1(C(F)(F)CO)CN(C(c2ccccc2)c2ccccc2)C1. The van der Waals surface area contributed by atoms with Gasteiger partial charge in [-0.2, -0.15) is 0 Å². The number of nitrogens with two attached hydrogens (primary N) is 1. The van der Waals surface area contributed by atoms with Crippen molar-refractivity contribution in [1.82, 2.24) is 4.90 Å². The Morgan fingerprint density at radius 3 is 1.83 bits per heavy atom. The number of benzene rings is 2. The van der Waals surface area contributed by atoms with E-state index in [2.05, 4.69) is 0 Å². The molecule has 1 heterocycles. The summed E-state index contributed by atoms with van der Waals surface area (Å²) in [5.41, 5.74) is 6.22. The molecular weight excluding hydrogens is 298 g/mol. The van der Waals surface area contributed by atoms with E-state index in [0.717, 1.165) is 11.1 Å². The fraction of sp³-hybridized carbons (Fsp3) is 0.333. The molecule has 0 spiro atoms. The van der Waals surface area contributed by atoms with E-state index < -0.39 is 18.1 Å². The van der Waals surface area contributed by atoms with Crippen LogP contribution in [0, 0.1) is 0 Å². The first-order chi connectivity index (χ1) is 11.0. The van der Waals surface area contributed by atoms with E-state index in [-0.39, 0.29) is 19.1 Å². The Hall–Kier alpha value is -1.82. The number of likely N-dealkylation sites (tertiary alicyclic amines) is 1. The molecule has 0 unspecified atom stereocenters. The normalized spacial score (nSPS) is 18.0. The molecular formula is C18H20F2N2O. The zero-order valence-electron chi connectivity index (χ0n) is 12.7. The number of nitrogens with zero attached hydrogens (tertiary/aromatic N) is 1. The lowest BCUT2D eigenvalue weighted by atomic mass is 9.81. The third-order valence-electron chi connectivity index (χ3n) is 4.49. The van der Waals surface area contributed by atoms with Crippen LogP contribution in [0.5, 0.6) is 0 Å². The molecule has 3 nitrogen and oxygen atoms in total. The van der Waals surface area contributed by atoms with E-state index in [1.807, 2.05) is 65.6 Å². The Morgan fingerprint density at radius 2 is 1.43 bits per heavy atom. The van der Waals surface area contributed by atoms with Crippen LogP contribution in [-0.2, 0) is 0 Å². The number of alkyl halides is 2. The fourth-order valence-corrected chi connectivity index (χ4v) is 3.13. The summed E-state index contributed by atoms with van der Waals surface area (Å²) in [7, 11) is 0. The van der Waals surface area contributed by atoms with E-state index in [1.54, 1.807) is 0 Å². The van der Waals surface area contributed by atoms with Crippen LogP contribution in [0.2, 0.25) is 0 Å². The topological polar surface area (TPSA) is 49.5 Å². The van der Waals surface area contributed by atoms with Gasteiger partial charge in [0, 0.05) is 13.1 Å². The van der Waals surface area contributed by atoms with Gasteiger partial charge in [-0.3, -0.25) is 4.90 Å². The Bertz CT molecular complexity index is 603. The van der Waals surface area contributed by atoms with Crippen molar-refractivity contribution in [2.75, 3.05) is 19.7 Å². The zero-order chi connectivity index (χ0) is 16.5. The second-order valence-corrected chi connectivity index (χ2v) is 6.15. The van der Waals surface area contributed by atoms with Crippen molar-refractivity contribution in [2.45, 2.75) is 17.5 Å². The molecule has 1 aliphatic heterocycles. The monoisotopic (exact) mass is 318 g/mol. The predicted molar refractivity (Wildman–Crippen MR) is 85.3 cm³/mol. The Labute approximate surface area is 134 Å². The zero-order valence-corrected chi connectivity index (χ0v) is 12.7. The van der Waals surface area contributed by atoms with Crippen LogP contribution in [0.25, 0.3) is 0 Å². The van der Waals surface area contributed by atoms with Crippen LogP contribution in [-0.4, -0.2) is 41.2 Å². The first kappa shape index (κ1) is 16.1. The van der Waals surface area contributed by atoms with Crippen molar-refractivity contribution in [3.63, 3.8) is 0 Å². The molecule has 0 atom stereocenters. The highest BCUT2D eigenvalue weighted by molar-refractivity contribution is 5.33. The molecule has 0 aliphatic carbocycles. The summed E-state index contributed by atoms with van der Waals surface area (Å²) < 4.78 is 27.6. The highest BCUT2D eigenvalue weighted by Crippen LogP contribution is 2.41. The van der Waals surface area contributed by atoms with E-state index in [0.29, 0.717) is 0 Å². The maximum Gasteiger partial charge on any atom is 0.290 e. The van der Waals surface area contributed by atoms with Gasteiger partial charge < -0.3 is 10.8 Å². The predicted octanol–water partition coefficient (Wildman–Crippen LogP) is 2.42. The second kappa shape index (κ2) is 6.00. The number of aliphatic hydroxyl groups is 1. The summed E-state index contributed by atoms with van der Waals surface area (Å²) in [6, 6.07) is 19.4. The van der Waals surface area contributed by atoms with Gasteiger partial charge >= 0.3 is 0 Å². The van der Waals surface area contributed by atoms with Crippen molar-refractivity contribution >= 4 is 0 Å². The van der Waals surface area contributed by atoms with E-state index in [4.69, 9.17) is 10.8 Å². The van der Waals surface area contributed by atoms with Gasteiger partial charge in [-0.15, -0.1) is 0 Å². The summed E-state index contributed by atoms with van der Waals surface area (Å²) in [5.74, 6) is -3.28. The van der Waals surface area contributed by atoms with Crippen molar-refractivity contribution in [1.29, 1.82) is 0 Å². The molecule has 1 aliphatic rings. The molecule has 0 amide bonds. The van der Waals surface area contributed by atoms with Crippen molar-refractivity contribution in [3.8, 4) is 0 Å². The van der Waals surface area contributed by atoms with Crippen molar-refractivity contribution in [2.24, 2.45) is 5.73 Å². The van der Waals surface area contributed by atoms with Gasteiger partial charge in [0.1, 0.15) is 12.1 Å². The third-order valence-corrected chi connectivity index (χ3v) is 4.49. The average molecular weight is 318 g/mol. The quantitative estimate of drug-likeness (QED) is 0.890. The molecule has 3 rings (SSSR count). The highest BCUT2D eigenvalue weighted by Gasteiger charge is 2.58. The Balaban J connectivity index is 1.88. The molecule has 3 N–H and O–H groups in total. The van der Waals surface area contributed by atoms with Crippen molar-refractivity contribution < 1.29 is 13.9 Å². The Morgan fingerprint density at radius 1 is 1.00 bits per heavy atom. The van der Waals surface area contributed by atoms with Crippen LogP contribution in [0.3, 0.4) is 0 Å². The molecule has 0 saturated carbocycles. The van der Waals surface area contributed by atoms with Gasteiger partial charge in [0.15, 0.2) is 0 Å². The third kappa shape index (κ3) is 2.87.